The summed E-state index contributed by atoms with van der Waals surface area (Å²) in [6, 6.07) is 0.102. The quantitative estimate of drug-likeness (QED) is 0.838. The van der Waals surface area contributed by atoms with E-state index in [1.54, 1.807) is 4.31 Å². The Labute approximate surface area is 105 Å². The van der Waals surface area contributed by atoms with Gasteiger partial charge in [-0.05, 0) is 18.3 Å². The van der Waals surface area contributed by atoms with Crippen LogP contribution in [0.4, 0.5) is 0 Å². The van der Waals surface area contributed by atoms with Crippen molar-refractivity contribution in [2.24, 2.45) is 11.1 Å². The molecule has 0 amide bonds. The largest absolute Gasteiger partial charge is 0.327 e. The third-order valence-electron chi connectivity index (χ3n) is 3.13. The van der Waals surface area contributed by atoms with Crippen LogP contribution in [0, 0.1) is 5.41 Å². The van der Waals surface area contributed by atoms with Gasteiger partial charge in [-0.15, -0.1) is 12.4 Å². The third kappa shape index (κ3) is 3.58. The van der Waals surface area contributed by atoms with Gasteiger partial charge in [0.05, 0.1) is 5.75 Å². The van der Waals surface area contributed by atoms with Gasteiger partial charge >= 0.3 is 0 Å². The fourth-order valence-corrected chi connectivity index (χ4v) is 3.64. The summed E-state index contributed by atoms with van der Waals surface area (Å²) in [4.78, 5) is 0. The van der Waals surface area contributed by atoms with Crippen LogP contribution in [0.15, 0.2) is 0 Å². The number of hydrogen-bond acceptors (Lipinski definition) is 3. The van der Waals surface area contributed by atoms with Crippen LogP contribution < -0.4 is 5.73 Å². The van der Waals surface area contributed by atoms with E-state index in [-0.39, 0.29) is 29.6 Å². The molecule has 6 heteroatoms. The molecule has 0 radical (unpaired) electrons. The van der Waals surface area contributed by atoms with E-state index < -0.39 is 10.0 Å². The minimum atomic E-state index is -3.05. The molecular formula is C10H23ClN2O2S. The van der Waals surface area contributed by atoms with Gasteiger partial charge < -0.3 is 5.73 Å². The van der Waals surface area contributed by atoms with Crippen molar-refractivity contribution in [2.45, 2.75) is 39.7 Å². The van der Waals surface area contributed by atoms with Gasteiger partial charge in [0.1, 0.15) is 0 Å². The first-order valence-electron chi connectivity index (χ1n) is 5.53. The Morgan fingerprint density at radius 2 is 2.00 bits per heavy atom. The van der Waals surface area contributed by atoms with Crippen LogP contribution in [0.3, 0.4) is 0 Å². The number of halogens is 1. The molecule has 16 heavy (non-hydrogen) atoms. The standard InChI is InChI=1S/C10H22N2O2S.ClH/c1-4-7-15(13,14)12-6-5-9(11)10(2,3)8-12;/h9H,4-8,11H2,1-3H3;1H. The molecule has 2 N–H and O–H groups in total. The summed E-state index contributed by atoms with van der Waals surface area (Å²) in [6.45, 7) is 7.08. The lowest BCUT2D eigenvalue weighted by Crippen LogP contribution is -2.54. The monoisotopic (exact) mass is 270 g/mol. The van der Waals surface area contributed by atoms with Crippen LogP contribution >= 0.6 is 12.4 Å². The molecule has 0 aliphatic carbocycles. The summed E-state index contributed by atoms with van der Waals surface area (Å²) in [6.07, 6.45) is 1.43. The highest BCUT2D eigenvalue weighted by atomic mass is 35.5. The maximum absolute atomic E-state index is 11.9. The smallest absolute Gasteiger partial charge is 0.214 e. The highest BCUT2D eigenvalue weighted by Crippen LogP contribution is 2.29. The fraction of sp³-hybridized carbons (Fsp3) is 1.00. The SMILES string of the molecule is CCCS(=O)(=O)N1CCC(N)C(C)(C)C1.Cl. The molecule has 0 saturated carbocycles. The van der Waals surface area contributed by atoms with Crippen molar-refractivity contribution in [2.75, 3.05) is 18.8 Å². The fourth-order valence-electron chi connectivity index (χ4n) is 1.95. The summed E-state index contributed by atoms with van der Waals surface area (Å²) in [5.74, 6) is 0.248. The number of nitrogens with two attached hydrogens (primary N) is 1. The van der Waals surface area contributed by atoms with Crippen LogP contribution in [0.25, 0.3) is 0 Å². The first kappa shape index (κ1) is 16.2. The van der Waals surface area contributed by atoms with Crippen molar-refractivity contribution < 1.29 is 8.42 Å². The number of piperidine rings is 1. The van der Waals surface area contributed by atoms with E-state index in [9.17, 15) is 8.42 Å². The van der Waals surface area contributed by atoms with E-state index in [0.29, 0.717) is 19.5 Å². The Kier molecular flexibility index (Phi) is 5.72. The average Bonchev–Trinajstić information content (AvgIpc) is 2.09. The summed E-state index contributed by atoms with van der Waals surface area (Å²) in [7, 11) is -3.05. The third-order valence-corrected chi connectivity index (χ3v) is 5.16. The Balaban J connectivity index is 0.00000225. The summed E-state index contributed by atoms with van der Waals surface area (Å²) >= 11 is 0. The van der Waals surface area contributed by atoms with Crippen LogP contribution in [-0.4, -0.2) is 37.6 Å². The maximum atomic E-state index is 11.9. The molecule has 1 fully saturated rings. The predicted octanol–water partition coefficient (Wildman–Crippen LogP) is 1.21. The van der Waals surface area contributed by atoms with Gasteiger partial charge in [0.15, 0.2) is 0 Å². The lowest BCUT2D eigenvalue weighted by molar-refractivity contribution is 0.155. The molecule has 1 atom stereocenters. The van der Waals surface area contributed by atoms with Gasteiger partial charge in [-0.3, -0.25) is 0 Å². The number of nitrogens with zero attached hydrogens (tertiary/aromatic N) is 1. The Bertz CT molecular complexity index is 317. The zero-order valence-electron chi connectivity index (χ0n) is 10.3. The molecule has 1 rings (SSSR count). The second kappa shape index (κ2) is 5.67. The number of hydrogen-bond donors (Lipinski definition) is 1. The average molecular weight is 271 g/mol. The van der Waals surface area contributed by atoms with E-state index in [2.05, 4.69) is 0 Å². The molecule has 4 nitrogen and oxygen atoms in total. The molecule has 1 aliphatic heterocycles. The topological polar surface area (TPSA) is 63.4 Å². The second-order valence-corrected chi connectivity index (χ2v) is 7.12. The summed E-state index contributed by atoms with van der Waals surface area (Å²) in [5.41, 5.74) is 5.86. The van der Waals surface area contributed by atoms with Gasteiger partial charge in [-0.1, -0.05) is 20.8 Å². The number of rotatable bonds is 3. The van der Waals surface area contributed by atoms with Crippen LogP contribution in [-0.2, 0) is 10.0 Å². The minimum Gasteiger partial charge on any atom is -0.327 e. The summed E-state index contributed by atoms with van der Waals surface area (Å²) < 4.78 is 25.3. The molecule has 0 spiro atoms. The van der Waals surface area contributed by atoms with E-state index in [1.165, 1.54) is 0 Å². The molecule has 1 aliphatic rings. The van der Waals surface area contributed by atoms with E-state index in [4.69, 9.17) is 5.73 Å². The summed E-state index contributed by atoms with van der Waals surface area (Å²) in [5, 5.41) is 0. The second-order valence-electron chi connectivity index (χ2n) is 5.03. The first-order valence-corrected chi connectivity index (χ1v) is 7.14. The lowest BCUT2D eigenvalue weighted by Gasteiger charge is -2.41. The van der Waals surface area contributed by atoms with E-state index in [0.717, 1.165) is 6.42 Å². The minimum absolute atomic E-state index is 0. The van der Waals surface area contributed by atoms with Gasteiger partial charge in [-0.2, -0.15) is 0 Å². The van der Waals surface area contributed by atoms with E-state index in [1.807, 2.05) is 20.8 Å². The van der Waals surface area contributed by atoms with Crippen molar-refractivity contribution >= 4 is 22.4 Å². The van der Waals surface area contributed by atoms with Crippen molar-refractivity contribution in [3.8, 4) is 0 Å². The van der Waals surface area contributed by atoms with Crippen LogP contribution in [0.1, 0.15) is 33.6 Å². The molecule has 0 aromatic heterocycles. The van der Waals surface area contributed by atoms with Crippen molar-refractivity contribution in [3.63, 3.8) is 0 Å². The van der Waals surface area contributed by atoms with Gasteiger partial charge in [0, 0.05) is 19.1 Å². The zero-order chi connectivity index (χ0) is 11.7. The maximum Gasteiger partial charge on any atom is 0.214 e. The molecule has 0 aromatic carbocycles. The number of sulfonamides is 1. The van der Waals surface area contributed by atoms with Crippen LogP contribution in [0.5, 0.6) is 0 Å². The predicted molar refractivity (Wildman–Crippen MR) is 69.3 cm³/mol. The zero-order valence-corrected chi connectivity index (χ0v) is 11.9. The lowest BCUT2D eigenvalue weighted by atomic mass is 9.81. The Morgan fingerprint density at radius 1 is 1.44 bits per heavy atom. The van der Waals surface area contributed by atoms with Gasteiger partial charge in [0.2, 0.25) is 10.0 Å². The molecule has 1 saturated heterocycles. The highest BCUT2D eigenvalue weighted by molar-refractivity contribution is 7.89. The van der Waals surface area contributed by atoms with Crippen LogP contribution in [0.2, 0.25) is 0 Å². The molecule has 1 heterocycles. The molecule has 98 valence electrons. The molecule has 1 unspecified atom stereocenters. The molecule has 0 bridgehead atoms. The van der Waals surface area contributed by atoms with Gasteiger partial charge in [0.25, 0.3) is 0 Å². The van der Waals surface area contributed by atoms with Crippen molar-refractivity contribution in [1.82, 2.24) is 4.31 Å². The van der Waals surface area contributed by atoms with Crippen molar-refractivity contribution in [3.05, 3.63) is 0 Å². The van der Waals surface area contributed by atoms with Crippen molar-refractivity contribution in [1.29, 1.82) is 0 Å². The Morgan fingerprint density at radius 3 is 2.44 bits per heavy atom. The normalized spacial score (nSPS) is 26.1. The highest BCUT2D eigenvalue weighted by Gasteiger charge is 2.37. The van der Waals surface area contributed by atoms with E-state index >= 15 is 0 Å². The molecule has 0 aromatic rings. The molecular weight excluding hydrogens is 248 g/mol. The Hall–Kier alpha value is 0.160. The van der Waals surface area contributed by atoms with Gasteiger partial charge in [-0.25, -0.2) is 12.7 Å². The first-order chi connectivity index (χ1) is 6.79.